The minimum Gasteiger partial charge on any atom is -0.393 e. The van der Waals surface area contributed by atoms with Crippen LogP contribution in [-0.2, 0) is 9.59 Å². The van der Waals surface area contributed by atoms with Crippen LogP contribution in [0.1, 0.15) is 39.5 Å². The molecular weight excluding hydrogens is 206 g/mol. The zero-order chi connectivity index (χ0) is 12.4. The van der Waals surface area contributed by atoms with Gasteiger partial charge in [-0.25, -0.2) is 0 Å². The highest BCUT2D eigenvalue weighted by atomic mass is 16.3. The third kappa shape index (κ3) is 9.40. The molecule has 92 valence electrons. The van der Waals surface area contributed by atoms with E-state index in [1.165, 1.54) is 6.92 Å². The van der Waals surface area contributed by atoms with Crippen molar-refractivity contribution >= 4 is 11.7 Å². The van der Waals surface area contributed by atoms with Gasteiger partial charge in [0.15, 0.2) is 0 Å². The molecule has 0 aliphatic rings. The molecule has 2 N–H and O–H groups in total. The average Bonchev–Trinajstić information content (AvgIpc) is 2.17. The van der Waals surface area contributed by atoms with Gasteiger partial charge < -0.3 is 10.4 Å². The highest BCUT2D eigenvalue weighted by Gasteiger charge is 2.09. The van der Waals surface area contributed by atoms with E-state index in [9.17, 15) is 14.7 Å². The van der Waals surface area contributed by atoms with Crippen molar-refractivity contribution in [3.05, 3.63) is 12.2 Å². The molecule has 0 aliphatic heterocycles. The monoisotopic (exact) mass is 227 g/mol. The summed E-state index contributed by atoms with van der Waals surface area (Å²) >= 11 is 0. The zero-order valence-corrected chi connectivity index (χ0v) is 10.0. The number of aliphatic hydroxyl groups is 1. The van der Waals surface area contributed by atoms with E-state index >= 15 is 0 Å². The van der Waals surface area contributed by atoms with E-state index < -0.39 is 6.10 Å². The maximum Gasteiger partial charge on any atom is 0.216 e. The van der Waals surface area contributed by atoms with Crippen molar-refractivity contribution in [1.29, 1.82) is 0 Å². The van der Waals surface area contributed by atoms with Crippen molar-refractivity contribution in [3.8, 4) is 0 Å². The number of carbonyl (C=O) groups is 2. The van der Waals surface area contributed by atoms with Gasteiger partial charge in [-0.2, -0.15) is 0 Å². The summed E-state index contributed by atoms with van der Waals surface area (Å²) in [6.07, 6.45) is 4.99. The number of amides is 1. The summed E-state index contributed by atoms with van der Waals surface area (Å²) in [7, 11) is 0. The highest BCUT2D eigenvalue weighted by Crippen LogP contribution is 2.03. The molecule has 1 unspecified atom stereocenters. The fourth-order valence-electron chi connectivity index (χ4n) is 1.29. The third-order valence-corrected chi connectivity index (χ3v) is 2.14. The normalized spacial score (nSPS) is 12.7. The SMILES string of the molecule is CC=CCCC(=O)CC(O)CCNC(C)=O. The van der Waals surface area contributed by atoms with E-state index in [1.54, 1.807) is 0 Å². The first kappa shape index (κ1) is 14.8. The predicted octanol–water partition coefficient (Wildman–Crippen LogP) is 1.19. The number of rotatable bonds is 8. The molecule has 0 bridgehead atoms. The van der Waals surface area contributed by atoms with E-state index in [4.69, 9.17) is 0 Å². The lowest BCUT2D eigenvalue weighted by Gasteiger charge is -2.09. The summed E-state index contributed by atoms with van der Waals surface area (Å²) in [6, 6.07) is 0. The molecule has 4 heteroatoms. The van der Waals surface area contributed by atoms with Crippen molar-refractivity contribution in [2.24, 2.45) is 0 Å². The molecule has 4 nitrogen and oxygen atoms in total. The quantitative estimate of drug-likeness (QED) is 0.612. The largest absolute Gasteiger partial charge is 0.393 e. The molecule has 0 aliphatic carbocycles. The Morgan fingerprint density at radius 2 is 2.12 bits per heavy atom. The number of hydrogen-bond acceptors (Lipinski definition) is 3. The minimum atomic E-state index is -0.648. The molecule has 0 spiro atoms. The minimum absolute atomic E-state index is 0.0634. The number of nitrogens with one attached hydrogen (secondary N) is 1. The van der Waals surface area contributed by atoms with Gasteiger partial charge in [-0.05, 0) is 19.8 Å². The number of aliphatic hydroxyl groups excluding tert-OH is 1. The van der Waals surface area contributed by atoms with Gasteiger partial charge in [-0.3, -0.25) is 9.59 Å². The number of Topliss-reactive ketones (excluding diaryl/α,β-unsaturated/α-hetero) is 1. The predicted molar refractivity (Wildman–Crippen MR) is 63.0 cm³/mol. The Hall–Kier alpha value is -1.16. The summed E-state index contributed by atoms with van der Waals surface area (Å²) in [5.41, 5.74) is 0. The molecular formula is C12H21NO3. The fourth-order valence-corrected chi connectivity index (χ4v) is 1.29. The maximum atomic E-state index is 11.3. The van der Waals surface area contributed by atoms with E-state index in [0.717, 1.165) is 6.42 Å². The Balaban J connectivity index is 3.57. The summed E-state index contributed by atoms with van der Waals surface area (Å²) in [4.78, 5) is 21.9. The molecule has 0 saturated heterocycles. The number of allylic oxidation sites excluding steroid dienone is 2. The van der Waals surface area contributed by atoms with Crippen LogP contribution >= 0.6 is 0 Å². The van der Waals surface area contributed by atoms with Crippen molar-refractivity contribution < 1.29 is 14.7 Å². The summed E-state index contributed by atoms with van der Waals surface area (Å²) < 4.78 is 0. The lowest BCUT2D eigenvalue weighted by molar-refractivity contribution is -0.120. The fraction of sp³-hybridized carbons (Fsp3) is 0.667. The van der Waals surface area contributed by atoms with Crippen LogP contribution < -0.4 is 5.32 Å². The molecule has 0 aromatic carbocycles. The van der Waals surface area contributed by atoms with E-state index in [2.05, 4.69) is 5.32 Å². The standard InChI is InChI=1S/C12H21NO3/c1-3-4-5-6-11(15)9-12(16)7-8-13-10(2)14/h3-4,12,16H,5-9H2,1-2H3,(H,13,14). The first-order chi connectivity index (χ1) is 7.56. The van der Waals surface area contributed by atoms with Gasteiger partial charge in [0.1, 0.15) is 5.78 Å². The second kappa shape index (κ2) is 9.09. The molecule has 0 aromatic rings. The van der Waals surface area contributed by atoms with Gasteiger partial charge in [0.05, 0.1) is 6.10 Å². The Morgan fingerprint density at radius 1 is 1.44 bits per heavy atom. The smallest absolute Gasteiger partial charge is 0.216 e. The Kier molecular flexibility index (Phi) is 8.43. The van der Waals surface area contributed by atoms with Gasteiger partial charge in [0.2, 0.25) is 5.91 Å². The van der Waals surface area contributed by atoms with Crippen molar-refractivity contribution in [2.75, 3.05) is 6.54 Å². The third-order valence-electron chi connectivity index (χ3n) is 2.14. The van der Waals surface area contributed by atoms with Gasteiger partial charge in [0.25, 0.3) is 0 Å². The first-order valence-electron chi connectivity index (χ1n) is 5.61. The van der Waals surface area contributed by atoms with Gasteiger partial charge in [0, 0.05) is 26.3 Å². The van der Waals surface area contributed by atoms with Crippen LogP contribution in [0.5, 0.6) is 0 Å². The summed E-state index contributed by atoms with van der Waals surface area (Å²) in [5.74, 6) is -0.0555. The second-order valence-electron chi connectivity index (χ2n) is 3.78. The molecule has 0 saturated carbocycles. The van der Waals surface area contributed by atoms with Crippen LogP contribution in [0.4, 0.5) is 0 Å². The maximum absolute atomic E-state index is 11.3. The molecule has 0 heterocycles. The molecule has 0 radical (unpaired) electrons. The van der Waals surface area contributed by atoms with Gasteiger partial charge in [-0.15, -0.1) is 0 Å². The van der Waals surface area contributed by atoms with Crippen LogP contribution in [0.2, 0.25) is 0 Å². The lowest BCUT2D eigenvalue weighted by Crippen LogP contribution is -2.25. The highest BCUT2D eigenvalue weighted by molar-refractivity contribution is 5.79. The Morgan fingerprint density at radius 3 is 2.69 bits per heavy atom. The molecule has 16 heavy (non-hydrogen) atoms. The number of ketones is 1. The molecule has 1 atom stereocenters. The van der Waals surface area contributed by atoms with Crippen LogP contribution in [0.15, 0.2) is 12.2 Å². The van der Waals surface area contributed by atoms with Crippen molar-refractivity contribution in [1.82, 2.24) is 5.32 Å². The topological polar surface area (TPSA) is 66.4 Å². The average molecular weight is 227 g/mol. The van der Waals surface area contributed by atoms with E-state index in [1.807, 2.05) is 19.1 Å². The summed E-state index contributed by atoms with van der Waals surface area (Å²) in [5, 5.41) is 12.1. The first-order valence-corrected chi connectivity index (χ1v) is 5.61. The summed E-state index contributed by atoms with van der Waals surface area (Å²) in [6.45, 7) is 3.75. The van der Waals surface area contributed by atoms with Gasteiger partial charge in [-0.1, -0.05) is 12.2 Å². The zero-order valence-electron chi connectivity index (χ0n) is 10.0. The van der Waals surface area contributed by atoms with Crippen LogP contribution in [-0.4, -0.2) is 29.4 Å². The van der Waals surface area contributed by atoms with Crippen molar-refractivity contribution in [3.63, 3.8) is 0 Å². The molecule has 1 amide bonds. The number of carbonyl (C=O) groups excluding carboxylic acids is 2. The van der Waals surface area contributed by atoms with Crippen LogP contribution in [0.25, 0.3) is 0 Å². The second-order valence-corrected chi connectivity index (χ2v) is 3.78. The molecule has 0 rings (SSSR count). The van der Waals surface area contributed by atoms with E-state index in [-0.39, 0.29) is 18.1 Å². The Labute approximate surface area is 96.7 Å². The van der Waals surface area contributed by atoms with Crippen molar-refractivity contribution in [2.45, 2.75) is 45.6 Å². The molecule has 0 fully saturated rings. The number of hydrogen-bond donors (Lipinski definition) is 2. The van der Waals surface area contributed by atoms with Gasteiger partial charge >= 0.3 is 0 Å². The van der Waals surface area contributed by atoms with Crippen LogP contribution in [0.3, 0.4) is 0 Å². The lowest BCUT2D eigenvalue weighted by atomic mass is 10.1. The van der Waals surface area contributed by atoms with E-state index in [0.29, 0.717) is 19.4 Å². The molecule has 0 aromatic heterocycles. The Bertz CT molecular complexity index is 249. The van der Waals surface area contributed by atoms with Crippen LogP contribution in [0, 0.1) is 0 Å².